The number of nitrogens with one attached hydrogen (secondary N) is 2. The second kappa shape index (κ2) is 5.10. The van der Waals surface area contributed by atoms with E-state index in [1.54, 1.807) is 0 Å². The standard InChI is InChI=1S/C12H14ClN3O2S/c1-12(4-5-15-8-12)16-19(17,18)11-6-10(13)3-2-9(11)7-14/h2-3,6,15-16H,4-5,8H2,1H3. The number of rotatable bonds is 3. The average molecular weight is 300 g/mol. The first-order valence-electron chi connectivity index (χ1n) is 5.81. The van der Waals surface area contributed by atoms with Crippen LogP contribution in [-0.2, 0) is 10.0 Å². The molecular weight excluding hydrogens is 286 g/mol. The summed E-state index contributed by atoms with van der Waals surface area (Å²) in [6, 6.07) is 6.08. The van der Waals surface area contributed by atoms with Crippen molar-refractivity contribution in [2.45, 2.75) is 23.8 Å². The smallest absolute Gasteiger partial charge is 0.242 e. The SMILES string of the molecule is CC1(NS(=O)(=O)c2cc(Cl)ccc2C#N)CCNC1. The molecule has 1 atom stereocenters. The predicted molar refractivity (Wildman–Crippen MR) is 72.4 cm³/mol. The summed E-state index contributed by atoms with van der Waals surface area (Å²) in [5, 5.41) is 12.4. The van der Waals surface area contributed by atoms with Crippen LogP contribution in [0.1, 0.15) is 18.9 Å². The highest BCUT2D eigenvalue weighted by Crippen LogP contribution is 2.23. The van der Waals surface area contributed by atoms with Gasteiger partial charge in [-0.2, -0.15) is 5.26 Å². The van der Waals surface area contributed by atoms with E-state index in [1.807, 2.05) is 13.0 Å². The molecule has 0 saturated carbocycles. The quantitative estimate of drug-likeness (QED) is 0.880. The fourth-order valence-corrected chi connectivity index (χ4v) is 3.95. The molecule has 1 fully saturated rings. The normalized spacial score (nSPS) is 23.2. The third kappa shape index (κ3) is 3.07. The number of hydrogen-bond acceptors (Lipinski definition) is 4. The molecule has 5 nitrogen and oxygen atoms in total. The zero-order valence-electron chi connectivity index (χ0n) is 10.4. The first-order chi connectivity index (χ1) is 8.86. The van der Waals surface area contributed by atoms with Crippen LogP contribution < -0.4 is 10.0 Å². The van der Waals surface area contributed by atoms with E-state index in [9.17, 15) is 8.42 Å². The summed E-state index contributed by atoms with van der Waals surface area (Å²) in [6.07, 6.45) is 0.703. The third-order valence-electron chi connectivity index (χ3n) is 3.10. The molecule has 1 aliphatic rings. The third-order valence-corrected chi connectivity index (χ3v) is 5.02. The molecule has 0 spiro atoms. The molecule has 1 unspecified atom stereocenters. The molecule has 0 aliphatic carbocycles. The number of halogens is 1. The van der Waals surface area contributed by atoms with Gasteiger partial charge in [0, 0.05) is 17.1 Å². The molecule has 1 aromatic carbocycles. The van der Waals surface area contributed by atoms with Crippen LogP contribution in [0.5, 0.6) is 0 Å². The Morgan fingerprint density at radius 2 is 2.26 bits per heavy atom. The zero-order valence-corrected chi connectivity index (χ0v) is 12.0. The van der Waals surface area contributed by atoms with Crippen LogP contribution in [0.15, 0.2) is 23.1 Å². The first-order valence-corrected chi connectivity index (χ1v) is 7.67. The predicted octanol–water partition coefficient (Wildman–Crippen LogP) is 1.24. The molecule has 0 amide bonds. The van der Waals surface area contributed by atoms with Crippen molar-refractivity contribution in [3.63, 3.8) is 0 Å². The number of sulfonamides is 1. The average Bonchev–Trinajstić information content (AvgIpc) is 2.74. The largest absolute Gasteiger partial charge is 0.315 e. The van der Waals surface area contributed by atoms with E-state index < -0.39 is 15.6 Å². The van der Waals surface area contributed by atoms with Crippen LogP contribution in [0.25, 0.3) is 0 Å². The highest BCUT2D eigenvalue weighted by molar-refractivity contribution is 7.89. The summed E-state index contributed by atoms with van der Waals surface area (Å²) < 4.78 is 27.4. The summed E-state index contributed by atoms with van der Waals surface area (Å²) in [6.45, 7) is 3.16. The van der Waals surface area contributed by atoms with Gasteiger partial charge in [-0.05, 0) is 38.1 Å². The lowest BCUT2D eigenvalue weighted by Gasteiger charge is -2.24. The van der Waals surface area contributed by atoms with Crippen molar-refractivity contribution in [2.75, 3.05) is 13.1 Å². The van der Waals surface area contributed by atoms with E-state index >= 15 is 0 Å². The Labute approximate surface area is 117 Å². The van der Waals surface area contributed by atoms with Crippen LogP contribution in [0, 0.1) is 11.3 Å². The van der Waals surface area contributed by atoms with E-state index in [4.69, 9.17) is 16.9 Å². The molecule has 2 N–H and O–H groups in total. The second-order valence-corrected chi connectivity index (χ2v) is 6.93. The Hall–Kier alpha value is -1.13. The molecule has 1 aliphatic heterocycles. The highest BCUT2D eigenvalue weighted by Gasteiger charge is 2.34. The molecule has 1 heterocycles. The summed E-state index contributed by atoms with van der Waals surface area (Å²) in [5.41, 5.74) is -0.445. The van der Waals surface area contributed by atoms with Gasteiger partial charge < -0.3 is 5.32 Å². The maximum atomic E-state index is 12.4. The van der Waals surface area contributed by atoms with Crippen LogP contribution in [-0.4, -0.2) is 27.0 Å². The Morgan fingerprint density at radius 3 is 2.84 bits per heavy atom. The van der Waals surface area contributed by atoms with Crippen LogP contribution in [0.3, 0.4) is 0 Å². The van der Waals surface area contributed by atoms with Crippen LogP contribution in [0.2, 0.25) is 5.02 Å². The molecule has 1 aromatic rings. The number of benzene rings is 1. The van der Waals surface area contributed by atoms with Crippen molar-refractivity contribution in [3.05, 3.63) is 28.8 Å². The lowest BCUT2D eigenvalue weighted by molar-refractivity contribution is 0.452. The Bertz CT molecular complexity index is 631. The second-order valence-electron chi connectivity index (χ2n) is 4.85. The highest BCUT2D eigenvalue weighted by atomic mass is 35.5. The molecule has 0 aromatic heterocycles. The van der Waals surface area contributed by atoms with E-state index in [0.717, 1.165) is 6.54 Å². The minimum atomic E-state index is -3.76. The summed E-state index contributed by atoms with van der Waals surface area (Å²) in [4.78, 5) is -0.0735. The molecule has 0 radical (unpaired) electrons. The van der Waals surface area contributed by atoms with Crippen molar-refractivity contribution >= 4 is 21.6 Å². The number of nitrogens with zero attached hydrogens (tertiary/aromatic N) is 1. The maximum Gasteiger partial charge on any atom is 0.242 e. The zero-order chi connectivity index (χ0) is 14.1. The summed E-state index contributed by atoms with van der Waals surface area (Å²) in [7, 11) is -3.76. The molecule has 7 heteroatoms. The minimum Gasteiger partial charge on any atom is -0.315 e. The van der Waals surface area contributed by atoms with Gasteiger partial charge in [-0.1, -0.05) is 11.6 Å². The van der Waals surface area contributed by atoms with Crippen molar-refractivity contribution in [1.82, 2.24) is 10.0 Å². The van der Waals surface area contributed by atoms with E-state index in [2.05, 4.69) is 10.0 Å². The van der Waals surface area contributed by atoms with Crippen molar-refractivity contribution < 1.29 is 8.42 Å². The van der Waals surface area contributed by atoms with Crippen LogP contribution >= 0.6 is 11.6 Å². The maximum absolute atomic E-state index is 12.4. The van der Waals surface area contributed by atoms with Crippen molar-refractivity contribution in [2.24, 2.45) is 0 Å². The monoisotopic (exact) mass is 299 g/mol. The number of hydrogen-bond donors (Lipinski definition) is 2. The molecule has 102 valence electrons. The lowest BCUT2D eigenvalue weighted by atomic mass is 10.0. The fourth-order valence-electron chi connectivity index (χ4n) is 2.09. The molecule has 2 rings (SSSR count). The Kier molecular flexibility index (Phi) is 3.83. The topological polar surface area (TPSA) is 82.0 Å². The summed E-state index contributed by atoms with van der Waals surface area (Å²) >= 11 is 5.82. The Morgan fingerprint density at radius 1 is 1.53 bits per heavy atom. The van der Waals surface area contributed by atoms with Gasteiger partial charge in [-0.25, -0.2) is 13.1 Å². The van der Waals surface area contributed by atoms with E-state index in [-0.39, 0.29) is 15.5 Å². The number of nitriles is 1. The Balaban J connectivity index is 2.40. The van der Waals surface area contributed by atoms with Gasteiger partial charge in [0.05, 0.1) is 5.56 Å². The van der Waals surface area contributed by atoms with Gasteiger partial charge >= 0.3 is 0 Å². The fraction of sp³-hybridized carbons (Fsp3) is 0.417. The van der Waals surface area contributed by atoms with Gasteiger partial charge in [0.1, 0.15) is 11.0 Å². The van der Waals surface area contributed by atoms with Gasteiger partial charge in [-0.15, -0.1) is 0 Å². The van der Waals surface area contributed by atoms with E-state index in [0.29, 0.717) is 13.0 Å². The van der Waals surface area contributed by atoms with Gasteiger partial charge in [0.15, 0.2) is 0 Å². The minimum absolute atomic E-state index is 0.0735. The lowest BCUT2D eigenvalue weighted by Crippen LogP contribution is -2.47. The summed E-state index contributed by atoms with van der Waals surface area (Å²) in [5.74, 6) is 0. The van der Waals surface area contributed by atoms with Gasteiger partial charge in [0.25, 0.3) is 0 Å². The molecular formula is C12H14ClN3O2S. The van der Waals surface area contributed by atoms with Crippen molar-refractivity contribution in [1.29, 1.82) is 5.26 Å². The van der Waals surface area contributed by atoms with E-state index in [1.165, 1.54) is 18.2 Å². The first kappa shape index (κ1) is 14.3. The molecule has 0 bridgehead atoms. The van der Waals surface area contributed by atoms with Crippen molar-refractivity contribution in [3.8, 4) is 6.07 Å². The van der Waals surface area contributed by atoms with Gasteiger partial charge in [0.2, 0.25) is 10.0 Å². The molecule has 19 heavy (non-hydrogen) atoms. The van der Waals surface area contributed by atoms with Crippen LogP contribution in [0.4, 0.5) is 0 Å². The molecule has 1 saturated heterocycles. The van der Waals surface area contributed by atoms with Gasteiger partial charge in [-0.3, -0.25) is 0 Å².